The quantitative estimate of drug-likeness (QED) is 0.308. The van der Waals surface area contributed by atoms with Crippen LogP contribution in [-0.4, -0.2) is 32.3 Å². The molecule has 0 radical (unpaired) electrons. The standard InChI is InChI=1S/C26H26ClN5O2S/c1-16(2)23(29-25(34)18-11-13-19(27)14-12-18)24-30-31-26(32(24)3)35-15-22(33)28-21-10-6-8-17-7-4-5-9-20(17)21/h4-14,16,23H,15H2,1-3H3,(H,28,33)(H,29,34)/t23-/m0/s1. The van der Waals surface area contributed by atoms with E-state index in [4.69, 9.17) is 11.6 Å². The highest BCUT2D eigenvalue weighted by Crippen LogP contribution is 2.26. The Morgan fingerprint density at radius 2 is 1.71 bits per heavy atom. The van der Waals surface area contributed by atoms with Crippen molar-refractivity contribution in [2.75, 3.05) is 11.1 Å². The Labute approximate surface area is 213 Å². The predicted octanol–water partition coefficient (Wildman–Crippen LogP) is 5.48. The third kappa shape index (κ3) is 5.83. The minimum atomic E-state index is -0.352. The topological polar surface area (TPSA) is 88.9 Å². The average molecular weight is 508 g/mol. The van der Waals surface area contributed by atoms with E-state index in [1.165, 1.54) is 11.8 Å². The van der Waals surface area contributed by atoms with Crippen LogP contribution in [0.3, 0.4) is 0 Å². The summed E-state index contributed by atoms with van der Waals surface area (Å²) in [5.74, 6) is 0.527. The zero-order chi connectivity index (χ0) is 24.9. The third-order valence-electron chi connectivity index (χ3n) is 5.60. The van der Waals surface area contributed by atoms with E-state index < -0.39 is 0 Å². The summed E-state index contributed by atoms with van der Waals surface area (Å²) in [6.45, 7) is 4.01. The van der Waals surface area contributed by atoms with Gasteiger partial charge in [0, 0.05) is 28.7 Å². The molecule has 7 nitrogen and oxygen atoms in total. The van der Waals surface area contributed by atoms with Gasteiger partial charge in [-0.05, 0) is 41.6 Å². The highest BCUT2D eigenvalue weighted by Gasteiger charge is 2.25. The number of hydrogen-bond donors (Lipinski definition) is 2. The molecule has 2 amide bonds. The normalized spacial score (nSPS) is 12.0. The van der Waals surface area contributed by atoms with Crippen LogP contribution in [0.5, 0.6) is 0 Å². The van der Waals surface area contributed by atoms with Gasteiger partial charge in [0.15, 0.2) is 11.0 Å². The van der Waals surface area contributed by atoms with Gasteiger partial charge in [0.1, 0.15) is 0 Å². The van der Waals surface area contributed by atoms with Gasteiger partial charge in [0.25, 0.3) is 5.91 Å². The number of rotatable bonds is 8. The summed E-state index contributed by atoms with van der Waals surface area (Å²) in [6, 6.07) is 20.1. The molecule has 4 aromatic rings. The molecule has 0 aliphatic rings. The van der Waals surface area contributed by atoms with Crippen LogP contribution in [0.2, 0.25) is 5.02 Å². The zero-order valence-corrected chi connectivity index (χ0v) is 21.2. The smallest absolute Gasteiger partial charge is 0.251 e. The average Bonchev–Trinajstić information content (AvgIpc) is 3.21. The molecule has 0 aliphatic heterocycles. The summed E-state index contributed by atoms with van der Waals surface area (Å²) in [7, 11) is 1.84. The molecule has 0 aliphatic carbocycles. The van der Waals surface area contributed by atoms with Crippen molar-refractivity contribution in [1.29, 1.82) is 0 Å². The summed E-state index contributed by atoms with van der Waals surface area (Å²) < 4.78 is 1.82. The summed E-state index contributed by atoms with van der Waals surface area (Å²) in [5.41, 5.74) is 1.29. The summed E-state index contributed by atoms with van der Waals surface area (Å²) in [4.78, 5) is 25.4. The number of thioether (sulfide) groups is 1. The number of nitrogens with one attached hydrogen (secondary N) is 2. The molecule has 9 heteroatoms. The Balaban J connectivity index is 1.42. The van der Waals surface area contributed by atoms with Crippen LogP contribution in [-0.2, 0) is 11.8 Å². The summed E-state index contributed by atoms with van der Waals surface area (Å²) in [6.07, 6.45) is 0. The highest BCUT2D eigenvalue weighted by molar-refractivity contribution is 7.99. The van der Waals surface area contributed by atoms with E-state index in [9.17, 15) is 9.59 Å². The first-order chi connectivity index (χ1) is 16.8. The number of amides is 2. The first-order valence-corrected chi connectivity index (χ1v) is 12.6. The van der Waals surface area contributed by atoms with Gasteiger partial charge in [-0.15, -0.1) is 10.2 Å². The second kappa shape index (κ2) is 10.9. The highest BCUT2D eigenvalue weighted by atomic mass is 35.5. The van der Waals surface area contributed by atoms with Crippen LogP contribution in [0, 0.1) is 5.92 Å². The first kappa shape index (κ1) is 24.8. The Kier molecular flexibility index (Phi) is 7.73. The second-order valence-electron chi connectivity index (χ2n) is 8.47. The Morgan fingerprint density at radius 1 is 1.00 bits per heavy atom. The van der Waals surface area contributed by atoms with E-state index in [2.05, 4.69) is 20.8 Å². The van der Waals surface area contributed by atoms with Crippen LogP contribution < -0.4 is 10.6 Å². The lowest BCUT2D eigenvalue weighted by atomic mass is 10.0. The zero-order valence-electron chi connectivity index (χ0n) is 19.7. The number of nitrogens with zero attached hydrogens (tertiary/aromatic N) is 3. The molecule has 3 aromatic carbocycles. The SMILES string of the molecule is CC(C)[C@H](NC(=O)c1ccc(Cl)cc1)c1nnc(SCC(=O)Nc2cccc3ccccc23)n1C. The number of halogens is 1. The second-order valence-corrected chi connectivity index (χ2v) is 9.84. The molecule has 4 rings (SSSR count). The predicted molar refractivity (Wildman–Crippen MR) is 141 cm³/mol. The Bertz CT molecular complexity index is 1350. The molecule has 35 heavy (non-hydrogen) atoms. The van der Waals surface area contributed by atoms with Crippen molar-refractivity contribution in [2.45, 2.75) is 25.0 Å². The molecule has 0 saturated carbocycles. The van der Waals surface area contributed by atoms with Crippen molar-refractivity contribution < 1.29 is 9.59 Å². The number of carbonyl (C=O) groups is 2. The number of benzene rings is 3. The van der Waals surface area contributed by atoms with E-state index >= 15 is 0 Å². The van der Waals surface area contributed by atoms with E-state index in [-0.39, 0.29) is 29.5 Å². The van der Waals surface area contributed by atoms with E-state index in [1.54, 1.807) is 24.3 Å². The molecular weight excluding hydrogens is 482 g/mol. The molecule has 0 bridgehead atoms. The maximum Gasteiger partial charge on any atom is 0.251 e. The van der Waals surface area contributed by atoms with Gasteiger partial charge < -0.3 is 15.2 Å². The van der Waals surface area contributed by atoms with Crippen molar-refractivity contribution >= 4 is 51.6 Å². The van der Waals surface area contributed by atoms with Crippen LogP contribution in [0.25, 0.3) is 10.8 Å². The van der Waals surface area contributed by atoms with Gasteiger partial charge in [-0.1, -0.05) is 73.6 Å². The van der Waals surface area contributed by atoms with Crippen molar-refractivity contribution in [3.63, 3.8) is 0 Å². The van der Waals surface area contributed by atoms with Crippen LogP contribution in [0.4, 0.5) is 5.69 Å². The minimum absolute atomic E-state index is 0.0710. The van der Waals surface area contributed by atoms with Gasteiger partial charge in [-0.2, -0.15) is 0 Å². The van der Waals surface area contributed by atoms with Gasteiger partial charge in [0.05, 0.1) is 11.8 Å². The first-order valence-electron chi connectivity index (χ1n) is 11.2. The lowest BCUT2D eigenvalue weighted by Crippen LogP contribution is -2.33. The number of hydrogen-bond acceptors (Lipinski definition) is 5. The minimum Gasteiger partial charge on any atom is -0.342 e. The van der Waals surface area contributed by atoms with Gasteiger partial charge in [-0.3, -0.25) is 9.59 Å². The molecule has 0 unspecified atom stereocenters. The molecular formula is C26H26ClN5O2S. The summed E-state index contributed by atoms with van der Waals surface area (Å²) in [5, 5.41) is 17.8. The Hall–Kier alpha value is -3.36. The van der Waals surface area contributed by atoms with Crippen molar-refractivity contribution in [2.24, 2.45) is 13.0 Å². The van der Waals surface area contributed by atoms with E-state index in [0.717, 1.165) is 16.5 Å². The molecule has 1 atom stereocenters. The van der Waals surface area contributed by atoms with Gasteiger partial charge in [-0.25, -0.2) is 0 Å². The van der Waals surface area contributed by atoms with Crippen molar-refractivity contribution in [3.05, 3.63) is 83.1 Å². The lowest BCUT2D eigenvalue weighted by Gasteiger charge is -2.21. The van der Waals surface area contributed by atoms with Crippen LogP contribution >= 0.6 is 23.4 Å². The maximum absolute atomic E-state index is 12.8. The number of fused-ring (bicyclic) bond motifs is 1. The molecule has 180 valence electrons. The Morgan fingerprint density at radius 3 is 2.46 bits per heavy atom. The fourth-order valence-corrected chi connectivity index (χ4v) is 4.57. The van der Waals surface area contributed by atoms with Gasteiger partial charge in [0.2, 0.25) is 5.91 Å². The monoisotopic (exact) mass is 507 g/mol. The van der Waals surface area contributed by atoms with Crippen molar-refractivity contribution in [3.8, 4) is 0 Å². The largest absolute Gasteiger partial charge is 0.342 e. The van der Waals surface area contributed by atoms with E-state index in [0.29, 0.717) is 21.6 Å². The number of carbonyl (C=O) groups excluding carboxylic acids is 2. The van der Waals surface area contributed by atoms with E-state index in [1.807, 2.05) is 67.9 Å². The molecule has 1 heterocycles. The molecule has 2 N–H and O–H groups in total. The summed E-state index contributed by atoms with van der Waals surface area (Å²) >= 11 is 7.23. The maximum atomic E-state index is 12.8. The van der Waals surface area contributed by atoms with Crippen molar-refractivity contribution in [1.82, 2.24) is 20.1 Å². The van der Waals surface area contributed by atoms with Gasteiger partial charge >= 0.3 is 0 Å². The molecule has 1 aromatic heterocycles. The van der Waals surface area contributed by atoms with Crippen LogP contribution in [0.1, 0.15) is 36.1 Å². The number of anilines is 1. The number of aromatic nitrogens is 3. The molecule has 0 saturated heterocycles. The third-order valence-corrected chi connectivity index (χ3v) is 6.87. The fraction of sp³-hybridized carbons (Fsp3) is 0.231. The molecule has 0 fully saturated rings. The molecule has 0 spiro atoms. The lowest BCUT2D eigenvalue weighted by molar-refractivity contribution is -0.113. The van der Waals surface area contributed by atoms with Crippen LogP contribution in [0.15, 0.2) is 71.9 Å². The fourth-order valence-electron chi connectivity index (χ4n) is 3.73.